The van der Waals surface area contributed by atoms with Crippen molar-refractivity contribution < 1.29 is 19.2 Å². The zero-order valence-electron chi connectivity index (χ0n) is 14.8. The molecule has 2 aliphatic carbocycles. The molecule has 0 heterocycles. The molecule has 0 amide bonds. The van der Waals surface area contributed by atoms with Crippen LogP contribution in [0.4, 0.5) is 0 Å². The van der Waals surface area contributed by atoms with Crippen molar-refractivity contribution in [2.75, 3.05) is 0 Å². The first kappa shape index (κ1) is 33.9. The molecule has 2 aliphatic rings. The summed E-state index contributed by atoms with van der Waals surface area (Å²) >= 11 is 2.03. The van der Waals surface area contributed by atoms with Crippen molar-refractivity contribution in [1.82, 2.24) is 0 Å². The zero-order valence-corrected chi connectivity index (χ0v) is 19.4. The van der Waals surface area contributed by atoms with E-state index in [-0.39, 0.29) is 39.7 Å². The summed E-state index contributed by atoms with van der Waals surface area (Å²) in [5.74, 6) is 0. The second-order valence-electron chi connectivity index (χ2n) is 3.98. The molecule has 0 nitrogen and oxygen atoms in total. The van der Waals surface area contributed by atoms with Crippen LogP contribution in [0.3, 0.4) is 0 Å². The van der Waals surface area contributed by atoms with Crippen molar-refractivity contribution in [3.05, 3.63) is 62.0 Å². The number of halogens is 2. The van der Waals surface area contributed by atoms with Gasteiger partial charge in [0.1, 0.15) is 0 Å². The predicted octanol–water partition coefficient (Wildman–Crippen LogP) is 5.78. The van der Waals surface area contributed by atoms with Crippen molar-refractivity contribution >= 4 is 32.4 Å². The van der Waals surface area contributed by atoms with Crippen molar-refractivity contribution in [3.8, 4) is 0 Å². The predicted molar refractivity (Wildman–Crippen MR) is 107 cm³/mol. The molecule has 0 aromatic carbocycles. The summed E-state index contributed by atoms with van der Waals surface area (Å²) < 4.78 is 0. The molecule has 0 N–H and O–H groups in total. The van der Waals surface area contributed by atoms with E-state index in [2.05, 4.69) is 39.0 Å². The first-order valence-electron chi connectivity index (χ1n) is 6.71. The molecule has 0 unspecified atom stereocenters. The summed E-state index contributed by atoms with van der Waals surface area (Å²) in [6, 6.07) is 0. The average molecular weight is 395 g/mol. The fourth-order valence-corrected chi connectivity index (χ4v) is 2.12. The molecule has 0 saturated heterocycles. The number of allylic oxidation sites excluding steroid dienone is 8. The molecule has 0 atom stereocenters. The van der Waals surface area contributed by atoms with Gasteiger partial charge < -0.3 is 14.9 Å². The minimum absolute atomic E-state index is 0. The van der Waals surface area contributed by atoms with Crippen LogP contribution in [0.1, 0.15) is 52.9 Å². The topological polar surface area (TPSA) is 0 Å². The van der Waals surface area contributed by atoms with Crippen LogP contribution in [-0.2, 0) is 19.2 Å². The second kappa shape index (κ2) is 23.7. The minimum atomic E-state index is 0. The normalized spacial score (nSPS) is 12.9. The molecule has 0 bridgehead atoms. The van der Waals surface area contributed by atoms with E-state index in [4.69, 9.17) is 0 Å². The van der Waals surface area contributed by atoms with Gasteiger partial charge in [-0.25, -0.2) is 17.7 Å². The Morgan fingerprint density at radius 2 is 1.64 bits per heavy atom. The Morgan fingerprint density at radius 3 is 1.91 bits per heavy atom. The van der Waals surface area contributed by atoms with E-state index < -0.39 is 0 Å². The van der Waals surface area contributed by atoms with Gasteiger partial charge in [-0.2, -0.15) is 17.2 Å². The summed E-state index contributed by atoms with van der Waals surface area (Å²) in [6.45, 7) is 6.70. The third kappa shape index (κ3) is 13.0. The van der Waals surface area contributed by atoms with E-state index >= 15 is 0 Å². The van der Waals surface area contributed by atoms with Crippen LogP contribution in [0, 0.1) is 27.0 Å². The monoisotopic (exact) mass is 394 g/mol. The second-order valence-corrected chi connectivity index (χ2v) is 3.98. The molecule has 0 aromatic rings. The van der Waals surface area contributed by atoms with Gasteiger partial charge in [0.25, 0.3) is 0 Å². The maximum atomic E-state index is 3.45. The Hall–Kier alpha value is 0.471. The Morgan fingerprint density at radius 1 is 1.05 bits per heavy atom. The Labute approximate surface area is 165 Å². The fourth-order valence-electron chi connectivity index (χ4n) is 2.12. The van der Waals surface area contributed by atoms with Crippen LogP contribution in [-0.4, -0.2) is 7.63 Å². The van der Waals surface area contributed by atoms with Crippen LogP contribution in [0.2, 0.25) is 0 Å². The van der Waals surface area contributed by atoms with Crippen LogP contribution in [0.25, 0.3) is 0 Å². The van der Waals surface area contributed by atoms with Gasteiger partial charge in [-0.3, -0.25) is 12.2 Å². The quantitative estimate of drug-likeness (QED) is 0.420. The van der Waals surface area contributed by atoms with Crippen molar-refractivity contribution in [2.24, 2.45) is 0 Å². The summed E-state index contributed by atoms with van der Waals surface area (Å²) in [5, 5.41) is 0. The molecule has 0 aromatic heterocycles. The van der Waals surface area contributed by atoms with Gasteiger partial charge in [0, 0.05) is 0 Å². The van der Waals surface area contributed by atoms with Gasteiger partial charge in [-0.1, -0.05) is 40.0 Å². The van der Waals surface area contributed by atoms with E-state index in [9.17, 15) is 0 Å². The standard InChI is InChI=1S/C11H17.C5H5.2CH3.2ClH.H2Si.Ti/c1-4-9-7-8-10(5-2)11(9)6-3;1-2-4-5-3-1;;;;;;/h4-7H2,1-3H3;1-3H,4H2;2*1H3;2*1H;1H2;/q4*-1;;;;. The van der Waals surface area contributed by atoms with Gasteiger partial charge in [0.15, 0.2) is 0 Å². The van der Waals surface area contributed by atoms with Crippen molar-refractivity contribution in [2.45, 2.75) is 52.9 Å². The summed E-state index contributed by atoms with van der Waals surface area (Å²) in [4.78, 5) is 0. The third-order valence-corrected chi connectivity index (χ3v) is 3.03. The van der Waals surface area contributed by atoms with Crippen LogP contribution < -0.4 is 0 Å². The van der Waals surface area contributed by atoms with Gasteiger partial charge >= 0.3 is 26.8 Å². The number of rotatable bonds is 3. The van der Waals surface area contributed by atoms with Crippen LogP contribution in [0.5, 0.6) is 0 Å². The van der Waals surface area contributed by atoms with E-state index in [0.717, 1.165) is 19.3 Å². The van der Waals surface area contributed by atoms with Gasteiger partial charge in [0.05, 0.1) is 0 Å². The third-order valence-electron chi connectivity index (χ3n) is 3.03. The summed E-state index contributed by atoms with van der Waals surface area (Å²) in [5.41, 5.74) is 4.68. The number of hydrogen-bond donors (Lipinski definition) is 0. The Bertz CT molecular complexity index is 348. The van der Waals surface area contributed by atoms with E-state index in [1.54, 1.807) is 11.1 Å². The van der Waals surface area contributed by atoms with E-state index in [1.165, 1.54) is 18.4 Å². The first-order valence-corrected chi connectivity index (χ1v) is 10.7. The molecule has 2 rings (SSSR count). The molecule has 22 heavy (non-hydrogen) atoms. The Kier molecular flexibility index (Phi) is 36.6. The molecule has 0 aliphatic heterocycles. The van der Waals surface area contributed by atoms with Crippen molar-refractivity contribution in [3.63, 3.8) is 0 Å². The molecule has 0 spiro atoms. The van der Waals surface area contributed by atoms with Crippen molar-refractivity contribution in [1.29, 1.82) is 0 Å². The maximum absolute atomic E-state index is 3.45. The summed E-state index contributed by atoms with van der Waals surface area (Å²) in [7, 11) is 1.86. The van der Waals surface area contributed by atoms with Gasteiger partial charge in [-0.15, -0.1) is 37.7 Å². The van der Waals surface area contributed by atoms with Gasteiger partial charge in [0.2, 0.25) is 0 Å². The first-order chi connectivity index (χ1) is 8.83. The van der Waals surface area contributed by atoms with Crippen LogP contribution >= 0.6 is 24.8 Å². The zero-order chi connectivity index (χ0) is 13.8. The molecule has 4 heteroatoms. The van der Waals surface area contributed by atoms with E-state index in [1.807, 2.05) is 39.0 Å². The SMILES string of the molecule is CCC1=[C-]CC(CC)=C1CC.Cl.Cl.[C-]1=CC=CC1.[CH3-].[CH3-].[SiH2]=[Ti]. The Balaban J connectivity index is -0.0000000762. The molecule has 0 saturated carbocycles. The molecular formula is C18H32Cl2SiTi-4. The fraction of sp³-hybridized carbons (Fsp3) is 0.444. The molecule has 0 radical (unpaired) electrons. The molecular weight excluding hydrogens is 363 g/mol. The van der Waals surface area contributed by atoms with E-state index in [0.29, 0.717) is 0 Å². The average Bonchev–Trinajstić information content (AvgIpc) is 3.12. The summed E-state index contributed by atoms with van der Waals surface area (Å²) in [6.07, 6.45) is 18.1. The molecule has 0 fully saturated rings. The number of hydrogen-bond acceptors (Lipinski definition) is 0. The van der Waals surface area contributed by atoms with Gasteiger partial charge in [-0.05, 0) is 0 Å². The molecule has 130 valence electrons. The van der Waals surface area contributed by atoms with Crippen LogP contribution in [0.15, 0.2) is 34.9 Å².